The fourth-order valence-corrected chi connectivity index (χ4v) is 7.97. The normalized spacial score (nSPS) is 16.4. The molecule has 11 rings (SSSR count). The molecule has 1 aliphatic heterocycles. The molecule has 0 bridgehead atoms. The lowest BCUT2D eigenvalue weighted by Crippen LogP contribution is -2.16. The summed E-state index contributed by atoms with van der Waals surface area (Å²) in [6, 6.07) is 44.3. The molecule has 0 saturated carbocycles. The molecule has 9 aromatic rings. The average Bonchev–Trinajstić information content (AvgIpc) is 3.76. The third-order valence-corrected chi connectivity index (χ3v) is 10.3. The number of furan rings is 1. The number of ether oxygens (including phenoxy) is 1. The van der Waals surface area contributed by atoms with Gasteiger partial charge in [0.1, 0.15) is 23.0 Å². The second-order valence-electron chi connectivity index (χ2n) is 13.1. The number of hydrogen-bond acceptors (Lipinski definition) is 5. The third kappa shape index (κ3) is 4.04. The van der Waals surface area contributed by atoms with Gasteiger partial charge in [0.25, 0.3) is 0 Å². The molecule has 5 heteroatoms. The van der Waals surface area contributed by atoms with Crippen LogP contribution in [0.1, 0.15) is 11.5 Å². The lowest BCUT2D eigenvalue weighted by molar-refractivity contribution is 0.269. The van der Waals surface area contributed by atoms with Crippen LogP contribution in [-0.4, -0.2) is 21.1 Å². The van der Waals surface area contributed by atoms with Gasteiger partial charge in [0.05, 0.1) is 0 Å². The van der Waals surface area contributed by atoms with Crippen LogP contribution in [0, 0.1) is 0 Å². The number of allylic oxidation sites excluding steroid dienone is 2. The van der Waals surface area contributed by atoms with Crippen molar-refractivity contribution in [3.05, 3.63) is 157 Å². The summed E-state index contributed by atoms with van der Waals surface area (Å²) in [5.74, 6) is 2.78. The fraction of sp³-hybridized carbons (Fsp3) is 0.0444. The van der Waals surface area contributed by atoms with Crippen LogP contribution in [0.4, 0.5) is 0 Å². The number of rotatable bonds is 3. The molecular formula is C45H27N3O2. The van der Waals surface area contributed by atoms with E-state index in [1.807, 2.05) is 48.5 Å². The van der Waals surface area contributed by atoms with Crippen molar-refractivity contribution in [3.8, 4) is 39.9 Å². The van der Waals surface area contributed by atoms with Crippen molar-refractivity contribution < 1.29 is 9.15 Å². The van der Waals surface area contributed by atoms with E-state index in [9.17, 15) is 0 Å². The minimum absolute atomic E-state index is 0.0459. The van der Waals surface area contributed by atoms with Gasteiger partial charge in [-0.1, -0.05) is 121 Å². The predicted molar refractivity (Wildman–Crippen MR) is 201 cm³/mol. The number of fused-ring (bicyclic) bond motifs is 11. The topological polar surface area (TPSA) is 61.0 Å². The Bertz CT molecular complexity index is 2940. The lowest BCUT2D eigenvalue weighted by atomic mass is 9.88. The van der Waals surface area contributed by atoms with Crippen LogP contribution in [0.3, 0.4) is 0 Å². The van der Waals surface area contributed by atoms with E-state index in [0.29, 0.717) is 17.5 Å². The molecule has 2 unspecified atom stereocenters. The van der Waals surface area contributed by atoms with Crippen molar-refractivity contribution in [3.63, 3.8) is 0 Å². The van der Waals surface area contributed by atoms with Gasteiger partial charge in [0.15, 0.2) is 17.5 Å². The Morgan fingerprint density at radius 1 is 0.480 bits per heavy atom. The molecule has 0 saturated heterocycles. The Labute approximate surface area is 286 Å². The van der Waals surface area contributed by atoms with E-state index in [1.165, 1.54) is 26.9 Å². The SMILES string of the molecule is C1=CC2Oc3cccc(-c4nc(-c5ccc6c(ccc7c8ccccc8ccc67)c5)nc(-c5cccc6oc7ccccc7c56)n4)c3C2C=C1. The Hall–Kier alpha value is -6.59. The van der Waals surface area contributed by atoms with Gasteiger partial charge in [-0.3, -0.25) is 0 Å². The van der Waals surface area contributed by atoms with Crippen LogP contribution < -0.4 is 4.74 Å². The number of para-hydroxylation sites is 1. The zero-order valence-electron chi connectivity index (χ0n) is 26.7. The first-order valence-corrected chi connectivity index (χ1v) is 16.9. The van der Waals surface area contributed by atoms with E-state index in [0.717, 1.165) is 55.3 Å². The first-order valence-electron chi connectivity index (χ1n) is 16.9. The third-order valence-electron chi connectivity index (χ3n) is 10.3. The molecule has 0 fully saturated rings. The van der Waals surface area contributed by atoms with E-state index >= 15 is 0 Å². The molecule has 0 amide bonds. The summed E-state index contributed by atoms with van der Waals surface area (Å²) in [5.41, 5.74) is 5.51. The zero-order chi connectivity index (χ0) is 32.8. The van der Waals surface area contributed by atoms with Crippen LogP contribution in [0.2, 0.25) is 0 Å². The van der Waals surface area contributed by atoms with Gasteiger partial charge in [0.2, 0.25) is 0 Å². The molecule has 5 nitrogen and oxygen atoms in total. The average molecular weight is 642 g/mol. The second kappa shape index (κ2) is 10.5. The highest BCUT2D eigenvalue weighted by Gasteiger charge is 2.35. The number of benzene rings is 7. The Balaban J connectivity index is 1.15. The largest absolute Gasteiger partial charge is 0.485 e. The summed E-state index contributed by atoms with van der Waals surface area (Å²) in [5, 5.41) is 9.33. The molecule has 0 spiro atoms. The molecule has 234 valence electrons. The summed E-state index contributed by atoms with van der Waals surface area (Å²) in [6.45, 7) is 0. The maximum Gasteiger partial charge on any atom is 0.164 e. The monoisotopic (exact) mass is 641 g/mol. The smallest absolute Gasteiger partial charge is 0.164 e. The maximum absolute atomic E-state index is 6.39. The molecule has 2 atom stereocenters. The van der Waals surface area contributed by atoms with Gasteiger partial charge < -0.3 is 9.15 Å². The van der Waals surface area contributed by atoms with Crippen LogP contribution in [0.15, 0.2) is 156 Å². The van der Waals surface area contributed by atoms with Crippen molar-refractivity contribution in [2.75, 3.05) is 0 Å². The van der Waals surface area contributed by atoms with Gasteiger partial charge in [-0.2, -0.15) is 0 Å². The van der Waals surface area contributed by atoms with Crippen molar-refractivity contribution in [2.24, 2.45) is 0 Å². The van der Waals surface area contributed by atoms with Crippen molar-refractivity contribution >= 4 is 54.3 Å². The van der Waals surface area contributed by atoms with Crippen LogP contribution >= 0.6 is 0 Å². The quantitative estimate of drug-likeness (QED) is 0.180. The van der Waals surface area contributed by atoms with Gasteiger partial charge in [0, 0.05) is 38.9 Å². The fourth-order valence-electron chi connectivity index (χ4n) is 7.97. The summed E-state index contributed by atoms with van der Waals surface area (Å²) in [7, 11) is 0. The summed E-state index contributed by atoms with van der Waals surface area (Å²) in [6.07, 6.45) is 8.42. The van der Waals surface area contributed by atoms with E-state index in [-0.39, 0.29) is 12.0 Å². The van der Waals surface area contributed by atoms with Crippen LogP contribution in [0.25, 0.3) is 88.4 Å². The molecule has 0 N–H and O–H groups in total. The molecule has 2 aliphatic rings. The van der Waals surface area contributed by atoms with E-state index < -0.39 is 0 Å². The first kappa shape index (κ1) is 27.4. The van der Waals surface area contributed by atoms with Gasteiger partial charge in [-0.15, -0.1) is 0 Å². The standard InChI is InChI=1S/C45H27N3O2/c1-2-10-29-26(9-1)19-23-32-30-22-21-28(25-27(30)20-24-31(29)32)43-46-44(35-13-7-17-39-41(35)33-11-3-5-15-37(33)49-39)48-45(47-43)36-14-8-18-40-42(36)34-12-4-6-16-38(34)50-40/h1-25,33,37H. The summed E-state index contributed by atoms with van der Waals surface area (Å²) >= 11 is 0. The van der Waals surface area contributed by atoms with Crippen molar-refractivity contribution in [2.45, 2.75) is 12.0 Å². The van der Waals surface area contributed by atoms with Crippen LogP contribution in [0.5, 0.6) is 5.75 Å². The molecule has 3 heterocycles. The highest BCUT2D eigenvalue weighted by Crippen LogP contribution is 2.46. The number of hydrogen-bond donors (Lipinski definition) is 0. The second-order valence-corrected chi connectivity index (χ2v) is 13.1. The van der Waals surface area contributed by atoms with Gasteiger partial charge in [-0.25, -0.2) is 15.0 Å². The Morgan fingerprint density at radius 3 is 2.08 bits per heavy atom. The van der Waals surface area contributed by atoms with Crippen molar-refractivity contribution in [1.29, 1.82) is 0 Å². The zero-order valence-corrected chi connectivity index (χ0v) is 26.7. The molecule has 0 radical (unpaired) electrons. The maximum atomic E-state index is 6.39. The predicted octanol–water partition coefficient (Wildman–Crippen LogP) is 11.2. The molecule has 50 heavy (non-hydrogen) atoms. The molecule has 1 aliphatic carbocycles. The highest BCUT2D eigenvalue weighted by atomic mass is 16.5. The van der Waals surface area contributed by atoms with E-state index in [4.69, 9.17) is 24.1 Å². The molecular weight excluding hydrogens is 615 g/mol. The Kier molecular flexibility index (Phi) is 5.72. The minimum atomic E-state index is -0.0459. The Morgan fingerprint density at radius 2 is 1.16 bits per heavy atom. The van der Waals surface area contributed by atoms with E-state index in [1.54, 1.807) is 0 Å². The van der Waals surface area contributed by atoms with E-state index in [2.05, 4.69) is 103 Å². The van der Waals surface area contributed by atoms with Gasteiger partial charge >= 0.3 is 0 Å². The number of nitrogens with zero attached hydrogens (tertiary/aromatic N) is 3. The molecule has 2 aromatic heterocycles. The van der Waals surface area contributed by atoms with Gasteiger partial charge in [-0.05, 0) is 62.7 Å². The lowest BCUT2D eigenvalue weighted by Gasteiger charge is -2.16. The van der Waals surface area contributed by atoms with Crippen molar-refractivity contribution in [1.82, 2.24) is 15.0 Å². The molecule has 7 aromatic carbocycles. The minimum Gasteiger partial charge on any atom is -0.485 e. The first-order chi connectivity index (χ1) is 24.8. The van der Waals surface area contributed by atoms with Crippen LogP contribution in [-0.2, 0) is 0 Å². The number of aromatic nitrogens is 3. The summed E-state index contributed by atoms with van der Waals surface area (Å²) < 4.78 is 12.7. The summed E-state index contributed by atoms with van der Waals surface area (Å²) in [4.78, 5) is 15.6. The highest BCUT2D eigenvalue weighted by molar-refractivity contribution is 6.17.